The zero-order valence-corrected chi connectivity index (χ0v) is 17.9. The normalized spacial score (nSPS) is 13.2. The van der Waals surface area contributed by atoms with Crippen LogP contribution in [0.5, 0.6) is 11.5 Å². The number of aryl methyl sites for hydroxylation is 1. The molecule has 0 radical (unpaired) electrons. The Morgan fingerprint density at radius 3 is 2.55 bits per heavy atom. The Hall–Kier alpha value is -3.74. The first kappa shape index (κ1) is 21.1. The molecule has 4 nitrogen and oxygen atoms in total. The summed E-state index contributed by atoms with van der Waals surface area (Å²) in [5.41, 5.74) is 3.50. The summed E-state index contributed by atoms with van der Waals surface area (Å²) in [4.78, 5) is 4.11. The van der Waals surface area contributed by atoms with Crippen molar-refractivity contribution < 1.29 is 22.6 Å². The number of pyridine rings is 1. The molecular weight excluding hydrogens is 429 g/mol. The molecule has 1 N–H and O–H groups in total. The average molecular weight is 450 g/mol. The van der Waals surface area contributed by atoms with E-state index in [2.05, 4.69) is 10.3 Å². The summed E-state index contributed by atoms with van der Waals surface area (Å²) < 4.78 is 51.8. The molecule has 2 heterocycles. The molecule has 0 saturated carbocycles. The quantitative estimate of drug-likeness (QED) is 0.380. The summed E-state index contributed by atoms with van der Waals surface area (Å²) in [6, 6.07) is 17.7. The molecule has 4 aromatic rings. The fourth-order valence-electron chi connectivity index (χ4n) is 4.12. The Morgan fingerprint density at radius 1 is 0.939 bits per heavy atom. The van der Waals surface area contributed by atoms with Crippen LogP contribution < -0.4 is 14.8 Å². The molecule has 0 unspecified atom stereocenters. The van der Waals surface area contributed by atoms with Crippen molar-refractivity contribution in [2.45, 2.75) is 19.6 Å². The number of hydrogen-bond acceptors (Lipinski definition) is 4. The molecule has 7 heteroatoms. The molecule has 3 aromatic carbocycles. The summed E-state index contributed by atoms with van der Waals surface area (Å²) >= 11 is 0. The van der Waals surface area contributed by atoms with E-state index in [1.807, 2.05) is 49.4 Å². The van der Waals surface area contributed by atoms with Crippen LogP contribution in [0.25, 0.3) is 22.0 Å². The van der Waals surface area contributed by atoms with Gasteiger partial charge in [0.1, 0.15) is 13.2 Å². The van der Waals surface area contributed by atoms with Crippen LogP contribution >= 0.6 is 0 Å². The summed E-state index contributed by atoms with van der Waals surface area (Å²) in [5.74, 6) is 1.47. The number of alkyl halides is 3. The average Bonchev–Trinajstić information content (AvgIpc) is 2.81. The second-order valence-electron chi connectivity index (χ2n) is 7.93. The van der Waals surface area contributed by atoms with Crippen molar-refractivity contribution in [3.8, 4) is 22.6 Å². The predicted octanol–water partition coefficient (Wildman–Crippen LogP) is 6.61. The minimum Gasteiger partial charge on any atom is -0.486 e. The lowest BCUT2D eigenvalue weighted by atomic mass is 9.95. The van der Waals surface area contributed by atoms with Crippen LogP contribution in [0.15, 0.2) is 66.9 Å². The van der Waals surface area contributed by atoms with Crippen molar-refractivity contribution >= 4 is 16.6 Å². The van der Waals surface area contributed by atoms with Crippen LogP contribution in [0.1, 0.15) is 16.7 Å². The Bertz CT molecular complexity index is 1340. The van der Waals surface area contributed by atoms with Crippen LogP contribution in [0.4, 0.5) is 18.9 Å². The summed E-state index contributed by atoms with van der Waals surface area (Å²) in [5, 5.41) is 3.87. The van der Waals surface area contributed by atoms with Crippen molar-refractivity contribution in [2.75, 3.05) is 18.5 Å². The van der Waals surface area contributed by atoms with Crippen molar-refractivity contribution in [3.05, 3.63) is 83.6 Å². The topological polar surface area (TPSA) is 43.4 Å². The van der Waals surface area contributed by atoms with Gasteiger partial charge in [0.25, 0.3) is 0 Å². The van der Waals surface area contributed by atoms with Gasteiger partial charge in [0.15, 0.2) is 11.5 Å². The lowest BCUT2D eigenvalue weighted by Gasteiger charge is -2.19. The molecule has 168 valence electrons. The van der Waals surface area contributed by atoms with Gasteiger partial charge in [-0.15, -0.1) is 0 Å². The highest BCUT2D eigenvalue weighted by Crippen LogP contribution is 2.38. The molecular formula is C26H21F3N2O2. The third-order valence-electron chi connectivity index (χ3n) is 5.65. The monoisotopic (exact) mass is 450 g/mol. The number of nitrogens with zero attached hydrogens (tertiary/aromatic N) is 1. The number of benzene rings is 3. The van der Waals surface area contributed by atoms with Gasteiger partial charge in [-0.05, 0) is 59.5 Å². The molecule has 0 atom stereocenters. The summed E-state index contributed by atoms with van der Waals surface area (Å²) in [7, 11) is 0. The number of nitrogens with one attached hydrogen (secondary N) is 1. The van der Waals surface area contributed by atoms with Gasteiger partial charge in [-0.3, -0.25) is 4.98 Å². The van der Waals surface area contributed by atoms with Crippen molar-refractivity contribution in [2.24, 2.45) is 0 Å². The Labute approximate surface area is 189 Å². The second kappa shape index (κ2) is 8.31. The number of fused-ring (bicyclic) bond motifs is 2. The smallest absolute Gasteiger partial charge is 0.418 e. The van der Waals surface area contributed by atoms with Crippen LogP contribution in [-0.2, 0) is 12.7 Å². The van der Waals surface area contributed by atoms with Crippen LogP contribution in [0.3, 0.4) is 0 Å². The van der Waals surface area contributed by atoms with E-state index in [1.54, 1.807) is 6.07 Å². The molecule has 0 fully saturated rings. The number of halogens is 3. The minimum absolute atomic E-state index is 0.0414. The van der Waals surface area contributed by atoms with E-state index in [1.165, 1.54) is 12.3 Å². The maximum atomic E-state index is 13.5. The molecule has 0 amide bonds. The first-order chi connectivity index (χ1) is 15.9. The van der Waals surface area contributed by atoms with E-state index in [9.17, 15) is 13.2 Å². The van der Waals surface area contributed by atoms with Crippen molar-refractivity contribution in [1.82, 2.24) is 4.98 Å². The number of ether oxygens (including phenoxy) is 2. The van der Waals surface area contributed by atoms with E-state index in [-0.39, 0.29) is 5.52 Å². The molecule has 0 saturated heterocycles. The molecule has 1 aliphatic rings. The SMILES string of the molecule is Cc1cnc2c(C(F)(F)F)cccc2c1-c1cccc(NCc2ccc3c(c2)OCCO3)c1. The van der Waals surface area contributed by atoms with Gasteiger partial charge in [0, 0.05) is 23.8 Å². The van der Waals surface area contributed by atoms with E-state index in [4.69, 9.17) is 9.47 Å². The minimum atomic E-state index is -4.47. The Kier molecular flexibility index (Phi) is 5.32. The largest absolute Gasteiger partial charge is 0.486 e. The maximum absolute atomic E-state index is 13.5. The lowest BCUT2D eigenvalue weighted by Crippen LogP contribution is -2.15. The summed E-state index contributed by atoms with van der Waals surface area (Å²) in [6.45, 7) is 3.50. The van der Waals surface area contributed by atoms with Gasteiger partial charge in [-0.2, -0.15) is 13.2 Å². The molecule has 0 aliphatic carbocycles. The second-order valence-corrected chi connectivity index (χ2v) is 7.93. The van der Waals surface area contributed by atoms with Gasteiger partial charge < -0.3 is 14.8 Å². The highest BCUT2D eigenvalue weighted by molar-refractivity contribution is 5.98. The van der Waals surface area contributed by atoms with Crippen LogP contribution in [-0.4, -0.2) is 18.2 Å². The van der Waals surface area contributed by atoms with Gasteiger partial charge in [-0.25, -0.2) is 0 Å². The zero-order valence-electron chi connectivity index (χ0n) is 17.9. The first-order valence-electron chi connectivity index (χ1n) is 10.6. The van der Waals surface area contributed by atoms with Gasteiger partial charge in [0.2, 0.25) is 0 Å². The first-order valence-corrected chi connectivity index (χ1v) is 10.6. The van der Waals surface area contributed by atoms with E-state index in [0.717, 1.165) is 45.5 Å². The summed E-state index contributed by atoms with van der Waals surface area (Å²) in [6.07, 6.45) is -2.96. The Balaban J connectivity index is 1.46. The highest BCUT2D eigenvalue weighted by Gasteiger charge is 2.33. The van der Waals surface area contributed by atoms with Crippen molar-refractivity contribution in [1.29, 1.82) is 0 Å². The van der Waals surface area contributed by atoms with Gasteiger partial charge in [-0.1, -0.05) is 30.3 Å². The van der Waals surface area contributed by atoms with Gasteiger partial charge in [0.05, 0.1) is 11.1 Å². The zero-order chi connectivity index (χ0) is 23.0. The number of anilines is 1. The fourth-order valence-corrected chi connectivity index (χ4v) is 4.12. The third-order valence-corrected chi connectivity index (χ3v) is 5.65. The number of hydrogen-bond donors (Lipinski definition) is 1. The fraction of sp³-hybridized carbons (Fsp3) is 0.192. The molecule has 0 spiro atoms. The van der Waals surface area contributed by atoms with Gasteiger partial charge >= 0.3 is 6.18 Å². The molecule has 1 aromatic heterocycles. The van der Waals surface area contributed by atoms with Crippen LogP contribution in [0.2, 0.25) is 0 Å². The van der Waals surface area contributed by atoms with E-state index in [0.29, 0.717) is 25.1 Å². The maximum Gasteiger partial charge on any atom is 0.418 e. The molecule has 5 rings (SSSR count). The number of rotatable bonds is 4. The standard InChI is InChI=1S/C26H21F3N2O2/c1-16-14-31-25-20(6-3-7-21(25)26(27,28)29)24(16)18-4-2-5-19(13-18)30-15-17-8-9-22-23(12-17)33-11-10-32-22/h2-9,12-14,30H,10-11,15H2,1H3. The van der Waals surface area contributed by atoms with Crippen LogP contribution in [0, 0.1) is 6.92 Å². The molecule has 33 heavy (non-hydrogen) atoms. The molecule has 0 bridgehead atoms. The third kappa shape index (κ3) is 4.18. The van der Waals surface area contributed by atoms with E-state index >= 15 is 0 Å². The Morgan fingerprint density at radius 2 is 1.73 bits per heavy atom. The predicted molar refractivity (Wildman–Crippen MR) is 122 cm³/mol. The lowest BCUT2D eigenvalue weighted by molar-refractivity contribution is -0.136. The number of para-hydroxylation sites is 1. The van der Waals surface area contributed by atoms with E-state index < -0.39 is 11.7 Å². The highest BCUT2D eigenvalue weighted by atomic mass is 19.4. The van der Waals surface area contributed by atoms with Crippen molar-refractivity contribution in [3.63, 3.8) is 0 Å². The number of aromatic nitrogens is 1. The molecule has 1 aliphatic heterocycles.